The molecular formula is C13H15F4NO3. The van der Waals surface area contributed by atoms with Crippen molar-refractivity contribution >= 4 is 5.91 Å². The molecule has 1 unspecified atom stereocenters. The van der Waals surface area contributed by atoms with Gasteiger partial charge >= 0.3 is 6.18 Å². The topological polar surface area (TPSA) is 83.5 Å². The number of benzene rings is 1. The van der Waals surface area contributed by atoms with E-state index in [0.717, 1.165) is 26.0 Å². The molecular weight excluding hydrogens is 294 g/mol. The number of hydrogen-bond donors (Lipinski definition) is 3. The first-order valence-corrected chi connectivity index (χ1v) is 5.90. The Balaban J connectivity index is 3.35. The number of carbonyl (C=O) groups excluding carboxylic acids is 1. The number of phenolic OH excluding ortho intramolecular Hbond substituents is 1. The third-order valence-corrected chi connectivity index (χ3v) is 3.24. The Bertz CT molecular complexity index is 537. The van der Waals surface area contributed by atoms with E-state index < -0.39 is 46.7 Å². The van der Waals surface area contributed by atoms with Crippen LogP contribution < -0.4 is 5.73 Å². The van der Waals surface area contributed by atoms with Crippen LogP contribution in [-0.4, -0.2) is 27.9 Å². The van der Waals surface area contributed by atoms with Gasteiger partial charge in [0.15, 0.2) is 0 Å². The van der Waals surface area contributed by atoms with Gasteiger partial charge < -0.3 is 15.9 Å². The maximum absolute atomic E-state index is 13.8. The van der Waals surface area contributed by atoms with Crippen molar-refractivity contribution in [2.75, 3.05) is 0 Å². The van der Waals surface area contributed by atoms with Gasteiger partial charge in [0.2, 0.25) is 5.60 Å². The van der Waals surface area contributed by atoms with E-state index in [4.69, 9.17) is 0 Å². The third-order valence-electron chi connectivity index (χ3n) is 3.24. The second kappa shape index (κ2) is 5.18. The minimum atomic E-state index is -5.32. The van der Waals surface area contributed by atoms with E-state index in [1.54, 1.807) is 0 Å². The second-order valence-corrected chi connectivity index (χ2v) is 5.42. The van der Waals surface area contributed by atoms with E-state index in [2.05, 4.69) is 5.73 Å². The molecule has 0 fully saturated rings. The van der Waals surface area contributed by atoms with E-state index in [1.807, 2.05) is 0 Å². The maximum atomic E-state index is 13.8. The molecule has 0 saturated heterocycles. The molecule has 1 amide bonds. The molecule has 21 heavy (non-hydrogen) atoms. The Labute approximate surface area is 118 Å². The first kappa shape index (κ1) is 17.2. The van der Waals surface area contributed by atoms with Crippen molar-refractivity contribution in [3.8, 4) is 5.75 Å². The summed E-state index contributed by atoms with van der Waals surface area (Å²) in [6.45, 7) is 2.32. The number of halogens is 4. The summed E-state index contributed by atoms with van der Waals surface area (Å²) in [5.74, 6) is -3.51. The normalized spacial score (nSPS) is 15.6. The molecule has 0 aliphatic heterocycles. The molecule has 4 N–H and O–H groups in total. The maximum Gasteiger partial charge on any atom is 0.426 e. The Morgan fingerprint density at radius 3 is 2.19 bits per heavy atom. The molecule has 0 radical (unpaired) electrons. The van der Waals surface area contributed by atoms with E-state index in [0.29, 0.717) is 0 Å². The van der Waals surface area contributed by atoms with Crippen LogP contribution in [0, 0.1) is 5.82 Å². The number of amides is 1. The number of nitrogens with two attached hydrogens (primary N) is 1. The molecule has 0 heterocycles. The fourth-order valence-corrected chi connectivity index (χ4v) is 2.24. The second-order valence-electron chi connectivity index (χ2n) is 5.42. The number of aliphatic hydroxyl groups is 1. The number of primary amides is 1. The molecule has 0 saturated carbocycles. The van der Waals surface area contributed by atoms with Crippen molar-refractivity contribution in [2.24, 2.45) is 5.73 Å². The fraction of sp³-hybridized carbons (Fsp3) is 0.462. The van der Waals surface area contributed by atoms with Crippen molar-refractivity contribution in [2.45, 2.75) is 37.5 Å². The highest BCUT2D eigenvalue weighted by Crippen LogP contribution is 2.43. The van der Waals surface area contributed by atoms with Gasteiger partial charge in [0.25, 0.3) is 5.91 Å². The van der Waals surface area contributed by atoms with Crippen LogP contribution in [0.2, 0.25) is 0 Å². The van der Waals surface area contributed by atoms with Crippen LogP contribution in [0.25, 0.3) is 0 Å². The SMILES string of the molecule is CC(C)(CC(O)(C(N)=O)C(F)(F)F)c1c(O)cccc1F. The highest BCUT2D eigenvalue weighted by molar-refractivity contribution is 5.84. The summed E-state index contributed by atoms with van der Waals surface area (Å²) in [7, 11) is 0. The molecule has 118 valence electrons. The van der Waals surface area contributed by atoms with Gasteiger partial charge in [0.1, 0.15) is 11.6 Å². The highest BCUT2D eigenvalue weighted by Gasteiger charge is 2.60. The van der Waals surface area contributed by atoms with Gasteiger partial charge in [-0.05, 0) is 17.5 Å². The molecule has 1 rings (SSSR count). The zero-order valence-electron chi connectivity index (χ0n) is 11.3. The van der Waals surface area contributed by atoms with Crippen LogP contribution >= 0.6 is 0 Å². The van der Waals surface area contributed by atoms with E-state index in [1.165, 1.54) is 6.07 Å². The summed E-state index contributed by atoms with van der Waals surface area (Å²) >= 11 is 0. The van der Waals surface area contributed by atoms with Crippen LogP contribution in [0.5, 0.6) is 5.75 Å². The van der Waals surface area contributed by atoms with Gasteiger partial charge in [-0.3, -0.25) is 4.79 Å². The van der Waals surface area contributed by atoms with Crippen molar-refractivity contribution in [3.63, 3.8) is 0 Å². The number of phenols is 1. The average Bonchev–Trinajstić information content (AvgIpc) is 2.25. The molecule has 0 aromatic heterocycles. The molecule has 0 aliphatic carbocycles. The van der Waals surface area contributed by atoms with Gasteiger partial charge in [-0.2, -0.15) is 13.2 Å². The van der Waals surface area contributed by atoms with E-state index in [-0.39, 0.29) is 0 Å². The molecule has 1 aromatic carbocycles. The van der Waals surface area contributed by atoms with Crippen molar-refractivity contribution in [1.29, 1.82) is 0 Å². The van der Waals surface area contributed by atoms with Gasteiger partial charge in [0, 0.05) is 12.0 Å². The largest absolute Gasteiger partial charge is 0.508 e. The summed E-state index contributed by atoms with van der Waals surface area (Å²) in [4.78, 5) is 11.0. The highest BCUT2D eigenvalue weighted by atomic mass is 19.4. The van der Waals surface area contributed by atoms with Crippen LogP contribution in [0.4, 0.5) is 17.6 Å². The molecule has 1 atom stereocenters. The van der Waals surface area contributed by atoms with Gasteiger partial charge in [0.05, 0.1) is 0 Å². The molecule has 0 bridgehead atoms. The number of hydrogen-bond acceptors (Lipinski definition) is 3. The average molecular weight is 309 g/mol. The quantitative estimate of drug-likeness (QED) is 0.744. The number of carbonyl (C=O) groups is 1. The number of rotatable bonds is 4. The first-order valence-electron chi connectivity index (χ1n) is 5.90. The lowest BCUT2D eigenvalue weighted by Gasteiger charge is -2.35. The molecule has 1 aromatic rings. The molecule has 0 aliphatic rings. The fourth-order valence-electron chi connectivity index (χ4n) is 2.24. The molecule has 4 nitrogen and oxygen atoms in total. The van der Waals surface area contributed by atoms with E-state index >= 15 is 0 Å². The zero-order valence-corrected chi connectivity index (χ0v) is 11.3. The van der Waals surface area contributed by atoms with E-state index in [9.17, 15) is 32.6 Å². The van der Waals surface area contributed by atoms with Crippen LogP contribution in [0.1, 0.15) is 25.8 Å². The predicted octanol–water partition coefficient (Wildman–Crippen LogP) is 1.98. The van der Waals surface area contributed by atoms with Crippen LogP contribution in [0.15, 0.2) is 18.2 Å². The van der Waals surface area contributed by atoms with Gasteiger partial charge in [-0.15, -0.1) is 0 Å². The van der Waals surface area contributed by atoms with Crippen molar-refractivity contribution in [1.82, 2.24) is 0 Å². The zero-order chi connectivity index (χ0) is 16.6. The standard InChI is InChI=1S/C13H15F4NO3/c1-11(2,9-7(14)4-3-5-8(9)19)6-12(21,10(18)20)13(15,16)17/h3-5,19,21H,6H2,1-2H3,(H2,18,20). The predicted molar refractivity (Wildman–Crippen MR) is 65.9 cm³/mol. The van der Waals surface area contributed by atoms with Crippen LogP contribution in [0.3, 0.4) is 0 Å². The number of aromatic hydroxyl groups is 1. The van der Waals surface area contributed by atoms with Crippen LogP contribution in [-0.2, 0) is 10.2 Å². The van der Waals surface area contributed by atoms with Crippen molar-refractivity contribution < 1.29 is 32.6 Å². The summed E-state index contributed by atoms with van der Waals surface area (Å²) in [6, 6.07) is 3.22. The Hall–Kier alpha value is -1.83. The Morgan fingerprint density at radius 2 is 1.81 bits per heavy atom. The lowest BCUT2D eigenvalue weighted by molar-refractivity contribution is -0.255. The first-order chi connectivity index (χ1) is 9.33. The summed E-state index contributed by atoms with van der Waals surface area (Å²) < 4.78 is 52.5. The minimum absolute atomic E-state index is 0.436. The summed E-state index contributed by atoms with van der Waals surface area (Å²) in [5, 5.41) is 19.2. The molecule has 8 heteroatoms. The monoisotopic (exact) mass is 309 g/mol. The third kappa shape index (κ3) is 3.10. The molecule has 0 spiro atoms. The summed E-state index contributed by atoms with van der Waals surface area (Å²) in [5.41, 5.74) is -1.31. The van der Waals surface area contributed by atoms with Crippen molar-refractivity contribution in [3.05, 3.63) is 29.6 Å². The Morgan fingerprint density at radius 1 is 1.29 bits per heavy atom. The lowest BCUT2D eigenvalue weighted by Crippen LogP contribution is -2.58. The van der Waals surface area contributed by atoms with Gasteiger partial charge in [-0.1, -0.05) is 19.9 Å². The Kier molecular flexibility index (Phi) is 4.24. The summed E-state index contributed by atoms with van der Waals surface area (Å²) in [6.07, 6.45) is -6.55. The lowest BCUT2D eigenvalue weighted by atomic mass is 9.74. The minimum Gasteiger partial charge on any atom is -0.508 e. The smallest absolute Gasteiger partial charge is 0.426 e. The number of alkyl halides is 3. The van der Waals surface area contributed by atoms with Gasteiger partial charge in [-0.25, -0.2) is 4.39 Å².